The molecule has 0 spiro atoms. The molecule has 3 fully saturated rings. The quantitative estimate of drug-likeness (QED) is 0.813. The zero-order chi connectivity index (χ0) is 12.5. The summed E-state index contributed by atoms with van der Waals surface area (Å²) < 4.78 is 0. The molecule has 2 aliphatic heterocycles. The standard InChI is InChI=1S/C15H26N2O/c1-11-9-16-10-13(11)15(18)17-8-4-7-14(17)12-5-2-3-6-12/h11-14,16H,2-10H2,1H3. The number of likely N-dealkylation sites (tertiary alicyclic amines) is 1. The van der Waals surface area contributed by atoms with Gasteiger partial charge in [0.2, 0.25) is 5.91 Å². The molecule has 1 saturated carbocycles. The van der Waals surface area contributed by atoms with Gasteiger partial charge in [0.05, 0.1) is 5.92 Å². The second-order valence-corrected chi connectivity index (χ2v) is 6.53. The number of nitrogens with one attached hydrogen (secondary N) is 1. The van der Waals surface area contributed by atoms with Gasteiger partial charge in [0.15, 0.2) is 0 Å². The molecule has 0 radical (unpaired) electrons. The minimum Gasteiger partial charge on any atom is -0.339 e. The van der Waals surface area contributed by atoms with E-state index in [4.69, 9.17) is 0 Å². The smallest absolute Gasteiger partial charge is 0.227 e. The zero-order valence-corrected chi connectivity index (χ0v) is 11.5. The van der Waals surface area contributed by atoms with Crippen molar-refractivity contribution in [3.63, 3.8) is 0 Å². The molecule has 3 aliphatic rings. The van der Waals surface area contributed by atoms with Gasteiger partial charge in [-0.25, -0.2) is 0 Å². The fourth-order valence-electron chi connectivity index (χ4n) is 4.25. The van der Waals surface area contributed by atoms with Crippen LogP contribution in [0.3, 0.4) is 0 Å². The van der Waals surface area contributed by atoms with Crippen LogP contribution in [0.25, 0.3) is 0 Å². The maximum atomic E-state index is 12.7. The molecule has 3 heteroatoms. The largest absolute Gasteiger partial charge is 0.339 e. The highest BCUT2D eigenvalue weighted by atomic mass is 16.2. The lowest BCUT2D eigenvalue weighted by atomic mass is 9.92. The normalized spacial score (nSPS) is 37.6. The van der Waals surface area contributed by atoms with Gasteiger partial charge in [-0.1, -0.05) is 19.8 Å². The number of rotatable bonds is 2. The molecular formula is C15H26N2O. The van der Waals surface area contributed by atoms with Crippen molar-refractivity contribution in [1.82, 2.24) is 10.2 Å². The average molecular weight is 250 g/mol. The second-order valence-electron chi connectivity index (χ2n) is 6.53. The van der Waals surface area contributed by atoms with Crippen LogP contribution in [0.15, 0.2) is 0 Å². The van der Waals surface area contributed by atoms with Crippen molar-refractivity contribution in [2.24, 2.45) is 17.8 Å². The Morgan fingerprint density at radius 2 is 1.89 bits per heavy atom. The molecule has 1 N–H and O–H groups in total. The highest BCUT2D eigenvalue weighted by molar-refractivity contribution is 5.80. The van der Waals surface area contributed by atoms with E-state index < -0.39 is 0 Å². The number of amides is 1. The van der Waals surface area contributed by atoms with Gasteiger partial charge in [-0.05, 0) is 44.1 Å². The van der Waals surface area contributed by atoms with Gasteiger partial charge in [0.1, 0.15) is 0 Å². The third kappa shape index (κ3) is 2.18. The molecule has 3 rings (SSSR count). The Morgan fingerprint density at radius 1 is 1.11 bits per heavy atom. The van der Waals surface area contributed by atoms with E-state index in [1.807, 2.05) is 0 Å². The zero-order valence-electron chi connectivity index (χ0n) is 11.5. The first-order chi connectivity index (χ1) is 8.77. The summed E-state index contributed by atoms with van der Waals surface area (Å²) in [6.45, 7) is 5.14. The van der Waals surface area contributed by atoms with E-state index in [-0.39, 0.29) is 5.92 Å². The highest BCUT2D eigenvalue weighted by Gasteiger charge is 2.40. The Labute approximate surface area is 110 Å². The molecular weight excluding hydrogens is 224 g/mol. The van der Waals surface area contributed by atoms with Gasteiger partial charge in [0.25, 0.3) is 0 Å². The van der Waals surface area contributed by atoms with Gasteiger partial charge < -0.3 is 10.2 Å². The molecule has 102 valence electrons. The van der Waals surface area contributed by atoms with E-state index >= 15 is 0 Å². The first-order valence-electron chi connectivity index (χ1n) is 7.78. The Kier molecular flexibility index (Phi) is 3.60. The molecule has 3 nitrogen and oxygen atoms in total. The molecule has 1 aliphatic carbocycles. The predicted molar refractivity (Wildman–Crippen MR) is 72.2 cm³/mol. The van der Waals surface area contributed by atoms with Crippen LogP contribution in [0.2, 0.25) is 0 Å². The Balaban J connectivity index is 1.68. The van der Waals surface area contributed by atoms with Crippen molar-refractivity contribution in [2.75, 3.05) is 19.6 Å². The fraction of sp³-hybridized carbons (Fsp3) is 0.933. The average Bonchev–Trinajstić information content (AvgIpc) is 3.09. The van der Waals surface area contributed by atoms with Crippen LogP contribution in [0, 0.1) is 17.8 Å². The van der Waals surface area contributed by atoms with Crippen molar-refractivity contribution >= 4 is 5.91 Å². The molecule has 18 heavy (non-hydrogen) atoms. The summed E-state index contributed by atoms with van der Waals surface area (Å²) in [5, 5.41) is 3.36. The third-order valence-electron chi connectivity index (χ3n) is 5.36. The second kappa shape index (κ2) is 5.20. The van der Waals surface area contributed by atoms with Crippen molar-refractivity contribution < 1.29 is 4.79 Å². The molecule has 0 bridgehead atoms. The van der Waals surface area contributed by atoms with Crippen LogP contribution >= 0.6 is 0 Å². The van der Waals surface area contributed by atoms with Gasteiger partial charge in [-0.2, -0.15) is 0 Å². The third-order valence-corrected chi connectivity index (χ3v) is 5.36. The first-order valence-corrected chi connectivity index (χ1v) is 7.78. The van der Waals surface area contributed by atoms with Crippen LogP contribution in [0.5, 0.6) is 0 Å². The van der Waals surface area contributed by atoms with Crippen LogP contribution in [-0.4, -0.2) is 36.5 Å². The number of carbonyl (C=O) groups is 1. The van der Waals surface area contributed by atoms with Crippen LogP contribution in [0.1, 0.15) is 45.4 Å². The Bertz CT molecular complexity index is 312. The van der Waals surface area contributed by atoms with Crippen LogP contribution in [-0.2, 0) is 4.79 Å². The predicted octanol–water partition coefficient (Wildman–Crippen LogP) is 2.02. The van der Waals surface area contributed by atoms with E-state index in [1.54, 1.807) is 0 Å². The number of carbonyl (C=O) groups excluding carboxylic acids is 1. The van der Waals surface area contributed by atoms with Crippen LogP contribution < -0.4 is 5.32 Å². The van der Waals surface area contributed by atoms with E-state index in [9.17, 15) is 4.79 Å². The molecule has 0 aromatic heterocycles. The summed E-state index contributed by atoms with van der Waals surface area (Å²) in [4.78, 5) is 15.0. The monoisotopic (exact) mass is 250 g/mol. The minimum atomic E-state index is 0.243. The maximum absolute atomic E-state index is 12.7. The van der Waals surface area contributed by atoms with Gasteiger partial charge in [-0.15, -0.1) is 0 Å². The fourth-order valence-corrected chi connectivity index (χ4v) is 4.25. The van der Waals surface area contributed by atoms with Crippen molar-refractivity contribution in [1.29, 1.82) is 0 Å². The number of hydrogen-bond donors (Lipinski definition) is 1. The SMILES string of the molecule is CC1CNCC1C(=O)N1CCCC1C1CCCC1. The number of nitrogens with zero attached hydrogens (tertiary/aromatic N) is 1. The summed E-state index contributed by atoms with van der Waals surface area (Å²) in [5.41, 5.74) is 0. The summed E-state index contributed by atoms with van der Waals surface area (Å²) >= 11 is 0. The van der Waals surface area contributed by atoms with Gasteiger partial charge in [-0.3, -0.25) is 4.79 Å². The van der Waals surface area contributed by atoms with Crippen molar-refractivity contribution in [3.8, 4) is 0 Å². The number of hydrogen-bond acceptors (Lipinski definition) is 2. The lowest BCUT2D eigenvalue weighted by Gasteiger charge is -2.32. The first kappa shape index (κ1) is 12.5. The van der Waals surface area contributed by atoms with E-state index in [0.29, 0.717) is 17.9 Å². The molecule has 2 saturated heterocycles. The highest BCUT2D eigenvalue weighted by Crippen LogP contribution is 2.36. The van der Waals surface area contributed by atoms with Gasteiger partial charge >= 0.3 is 0 Å². The lowest BCUT2D eigenvalue weighted by Crippen LogP contribution is -2.44. The maximum Gasteiger partial charge on any atom is 0.227 e. The molecule has 3 unspecified atom stereocenters. The summed E-state index contributed by atoms with van der Waals surface area (Å²) in [7, 11) is 0. The molecule has 2 heterocycles. The van der Waals surface area contributed by atoms with E-state index in [1.165, 1.54) is 38.5 Å². The molecule has 0 aromatic carbocycles. The molecule has 3 atom stereocenters. The summed E-state index contributed by atoms with van der Waals surface area (Å²) in [6.07, 6.45) is 7.95. The van der Waals surface area contributed by atoms with Crippen molar-refractivity contribution in [3.05, 3.63) is 0 Å². The van der Waals surface area contributed by atoms with Gasteiger partial charge in [0, 0.05) is 19.1 Å². The summed E-state index contributed by atoms with van der Waals surface area (Å²) in [6, 6.07) is 0.577. The Hall–Kier alpha value is -0.570. The van der Waals surface area contributed by atoms with Crippen molar-refractivity contribution in [2.45, 2.75) is 51.5 Å². The molecule has 1 amide bonds. The van der Waals surface area contributed by atoms with E-state index in [0.717, 1.165) is 25.6 Å². The topological polar surface area (TPSA) is 32.3 Å². The Morgan fingerprint density at radius 3 is 2.56 bits per heavy atom. The lowest BCUT2D eigenvalue weighted by molar-refractivity contribution is -0.137. The van der Waals surface area contributed by atoms with E-state index in [2.05, 4.69) is 17.1 Å². The minimum absolute atomic E-state index is 0.243. The molecule has 0 aromatic rings. The summed E-state index contributed by atoms with van der Waals surface area (Å²) in [5.74, 6) is 2.01. The van der Waals surface area contributed by atoms with Crippen LogP contribution in [0.4, 0.5) is 0 Å².